The van der Waals surface area contributed by atoms with Crippen molar-refractivity contribution < 1.29 is 9.90 Å². The number of rotatable bonds is 2. The van der Waals surface area contributed by atoms with Gasteiger partial charge in [-0.3, -0.25) is 4.79 Å². The van der Waals surface area contributed by atoms with Crippen molar-refractivity contribution in [1.29, 1.82) is 5.26 Å². The van der Waals surface area contributed by atoms with Gasteiger partial charge in [0.25, 0.3) is 5.91 Å². The first-order valence-electron chi connectivity index (χ1n) is 8.37. The van der Waals surface area contributed by atoms with E-state index in [1.54, 1.807) is 30.3 Å². The number of nitriles is 1. The van der Waals surface area contributed by atoms with E-state index in [-0.39, 0.29) is 28.4 Å². The topological polar surface area (TPSA) is 79.9 Å². The number of guanidine groups is 1. The first kappa shape index (κ1) is 17.7. The molecule has 2 aliphatic rings. The van der Waals surface area contributed by atoms with Crippen LogP contribution in [0.25, 0.3) is 0 Å². The SMILES string of the molecule is N#Cc1ccc(N=C2N(c3cccc(Cl)c3Cl)C(=O)[C@H]3CCCN23)c(O)c1. The summed E-state index contributed by atoms with van der Waals surface area (Å²) in [5.74, 6) is 0.143. The molecule has 2 aromatic rings. The molecule has 6 nitrogen and oxygen atoms in total. The van der Waals surface area contributed by atoms with E-state index >= 15 is 0 Å². The lowest BCUT2D eigenvalue weighted by atomic mass is 10.2. The zero-order chi connectivity index (χ0) is 19.1. The summed E-state index contributed by atoms with van der Waals surface area (Å²) in [7, 11) is 0. The van der Waals surface area contributed by atoms with Gasteiger partial charge in [-0.15, -0.1) is 0 Å². The van der Waals surface area contributed by atoms with Gasteiger partial charge >= 0.3 is 0 Å². The Bertz CT molecular complexity index is 1020. The number of phenolic OH excluding ortho intramolecular Hbond substituents is 1. The number of amides is 1. The Morgan fingerprint density at radius 2 is 2.07 bits per heavy atom. The maximum absolute atomic E-state index is 13.0. The molecule has 2 aliphatic heterocycles. The molecule has 2 aromatic carbocycles. The van der Waals surface area contributed by atoms with E-state index in [2.05, 4.69) is 4.99 Å². The van der Waals surface area contributed by atoms with Crippen LogP contribution in [0.1, 0.15) is 18.4 Å². The van der Waals surface area contributed by atoms with Gasteiger partial charge in [-0.25, -0.2) is 9.89 Å². The molecule has 0 radical (unpaired) electrons. The number of hydrogen-bond acceptors (Lipinski definition) is 4. The Hall–Kier alpha value is -2.75. The molecule has 0 saturated carbocycles. The monoisotopic (exact) mass is 400 g/mol. The van der Waals surface area contributed by atoms with E-state index in [9.17, 15) is 9.90 Å². The Morgan fingerprint density at radius 3 is 2.81 bits per heavy atom. The Morgan fingerprint density at radius 1 is 1.26 bits per heavy atom. The number of carbonyl (C=O) groups is 1. The lowest BCUT2D eigenvalue weighted by Crippen LogP contribution is -2.34. The molecule has 0 spiro atoms. The molecule has 0 aromatic heterocycles. The number of benzene rings is 2. The Labute approximate surface area is 165 Å². The van der Waals surface area contributed by atoms with Crippen LogP contribution in [0, 0.1) is 11.3 Å². The van der Waals surface area contributed by atoms with Crippen molar-refractivity contribution in [1.82, 2.24) is 4.90 Å². The molecule has 27 heavy (non-hydrogen) atoms. The van der Waals surface area contributed by atoms with E-state index in [0.29, 0.717) is 28.8 Å². The molecule has 136 valence electrons. The molecule has 1 amide bonds. The van der Waals surface area contributed by atoms with Crippen molar-refractivity contribution in [2.45, 2.75) is 18.9 Å². The van der Waals surface area contributed by atoms with Crippen molar-refractivity contribution in [2.24, 2.45) is 4.99 Å². The van der Waals surface area contributed by atoms with Gasteiger partial charge < -0.3 is 10.0 Å². The minimum Gasteiger partial charge on any atom is -0.506 e. The average Bonchev–Trinajstić information content (AvgIpc) is 3.23. The summed E-state index contributed by atoms with van der Waals surface area (Å²) in [5, 5.41) is 19.8. The molecule has 0 aliphatic carbocycles. The first-order chi connectivity index (χ1) is 13.0. The van der Waals surface area contributed by atoms with Gasteiger partial charge in [0, 0.05) is 6.54 Å². The molecule has 4 rings (SSSR count). The van der Waals surface area contributed by atoms with Crippen LogP contribution in [-0.4, -0.2) is 34.5 Å². The number of aliphatic imine (C=N–C) groups is 1. The van der Waals surface area contributed by atoms with Crippen LogP contribution in [0.5, 0.6) is 5.75 Å². The Kier molecular flexibility index (Phi) is 4.42. The maximum Gasteiger partial charge on any atom is 0.256 e. The molecular formula is C19H14Cl2N4O2. The van der Waals surface area contributed by atoms with E-state index in [0.717, 1.165) is 12.8 Å². The third-order valence-electron chi connectivity index (χ3n) is 4.71. The van der Waals surface area contributed by atoms with Crippen molar-refractivity contribution in [3.8, 4) is 11.8 Å². The van der Waals surface area contributed by atoms with Gasteiger partial charge in [-0.1, -0.05) is 29.3 Å². The molecule has 2 heterocycles. The van der Waals surface area contributed by atoms with Crippen LogP contribution in [0.2, 0.25) is 10.0 Å². The van der Waals surface area contributed by atoms with Gasteiger partial charge in [0.05, 0.1) is 27.4 Å². The van der Waals surface area contributed by atoms with Crippen molar-refractivity contribution in [2.75, 3.05) is 11.4 Å². The zero-order valence-electron chi connectivity index (χ0n) is 14.1. The van der Waals surface area contributed by atoms with E-state index in [1.807, 2.05) is 11.0 Å². The molecule has 1 N–H and O–H groups in total. The second-order valence-electron chi connectivity index (χ2n) is 6.33. The summed E-state index contributed by atoms with van der Waals surface area (Å²) < 4.78 is 0. The fourth-order valence-electron chi connectivity index (χ4n) is 3.44. The van der Waals surface area contributed by atoms with Crippen LogP contribution in [0.3, 0.4) is 0 Å². The largest absolute Gasteiger partial charge is 0.506 e. The second kappa shape index (κ2) is 6.76. The third-order valence-corrected chi connectivity index (χ3v) is 5.52. The zero-order valence-corrected chi connectivity index (χ0v) is 15.6. The van der Waals surface area contributed by atoms with E-state index in [4.69, 9.17) is 28.5 Å². The molecule has 2 fully saturated rings. The number of halogens is 2. The minimum absolute atomic E-state index is 0.122. The van der Waals surface area contributed by atoms with Gasteiger partial charge in [-0.2, -0.15) is 5.26 Å². The van der Waals surface area contributed by atoms with Crippen molar-refractivity contribution in [3.05, 3.63) is 52.0 Å². The highest BCUT2D eigenvalue weighted by Crippen LogP contribution is 2.39. The van der Waals surface area contributed by atoms with Gasteiger partial charge in [0.2, 0.25) is 5.96 Å². The van der Waals surface area contributed by atoms with E-state index in [1.165, 1.54) is 11.0 Å². The predicted octanol–water partition coefficient (Wildman–Crippen LogP) is 4.07. The number of aromatic hydroxyl groups is 1. The number of carbonyl (C=O) groups excluding carboxylic acids is 1. The van der Waals surface area contributed by atoms with Crippen LogP contribution >= 0.6 is 23.2 Å². The van der Waals surface area contributed by atoms with Crippen LogP contribution in [0.4, 0.5) is 11.4 Å². The predicted molar refractivity (Wildman–Crippen MR) is 104 cm³/mol. The minimum atomic E-state index is -0.306. The molecule has 2 saturated heterocycles. The van der Waals surface area contributed by atoms with Crippen LogP contribution < -0.4 is 4.90 Å². The maximum atomic E-state index is 13.0. The molecular weight excluding hydrogens is 387 g/mol. The summed E-state index contributed by atoms with van der Waals surface area (Å²) in [6.45, 7) is 0.682. The van der Waals surface area contributed by atoms with Crippen molar-refractivity contribution >= 4 is 46.4 Å². The lowest BCUT2D eigenvalue weighted by molar-refractivity contribution is -0.119. The fourth-order valence-corrected chi connectivity index (χ4v) is 3.82. The summed E-state index contributed by atoms with van der Waals surface area (Å²) in [6.07, 6.45) is 1.61. The van der Waals surface area contributed by atoms with Crippen molar-refractivity contribution in [3.63, 3.8) is 0 Å². The van der Waals surface area contributed by atoms with E-state index < -0.39 is 0 Å². The summed E-state index contributed by atoms with van der Waals surface area (Å²) in [6, 6.07) is 11.2. The number of anilines is 1. The Balaban J connectivity index is 1.86. The summed E-state index contributed by atoms with van der Waals surface area (Å²) >= 11 is 12.5. The van der Waals surface area contributed by atoms with Gasteiger partial charge in [0.15, 0.2) is 0 Å². The molecule has 1 atom stereocenters. The highest BCUT2D eigenvalue weighted by molar-refractivity contribution is 6.45. The lowest BCUT2D eigenvalue weighted by Gasteiger charge is -2.22. The van der Waals surface area contributed by atoms with Crippen LogP contribution in [-0.2, 0) is 4.79 Å². The number of phenols is 1. The standard InChI is InChI=1S/C19H14Cl2N4O2/c20-12-3-1-4-14(17(12)21)25-18(27)15-5-2-8-24(15)19(25)23-13-7-6-11(10-22)9-16(13)26/h1,3-4,6-7,9,15,26H,2,5,8H2/t15-/m1/s1. The van der Waals surface area contributed by atoms with Crippen LogP contribution in [0.15, 0.2) is 41.4 Å². The molecule has 8 heteroatoms. The number of hydrogen-bond donors (Lipinski definition) is 1. The number of nitrogens with zero attached hydrogens (tertiary/aromatic N) is 4. The smallest absolute Gasteiger partial charge is 0.256 e. The highest BCUT2D eigenvalue weighted by Gasteiger charge is 2.47. The van der Waals surface area contributed by atoms with Gasteiger partial charge in [0.1, 0.15) is 17.5 Å². The summed E-state index contributed by atoms with van der Waals surface area (Å²) in [5.41, 5.74) is 1.05. The number of fused-ring (bicyclic) bond motifs is 1. The normalized spacial score (nSPS) is 20.3. The average molecular weight is 401 g/mol. The summed E-state index contributed by atoms with van der Waals surface area (Å²) in [4.78, 5) is 20.9. The first-order valence-corrected chi connectivity index (χ1v) is 9.13. The quantitative estimate of drug-likeness (QED) is 0.823. The highest BCUT2D eigenvalue weighted by atomic mass is 35.5. The van der Waals surface area contributed by atoms with Gasteiger partial charge in [-0.05, 0) is 43.2 Å². The molecule has 0 unspecified atom stereocenters. The fraction of sp³-hybridized carbons (Fsp3) is 0.211. The molecule has 0 bridgehead atoms. The second-order valence-corrected chi connectivity index (χ2v) is 7.11. The third kappa shape index (κ3) is 2.89.